The van der Waals surface area contributed by atoms with Crippen molar-refractivity contribution in [2.24, 2.45) is 5.73 Å². The molecule has 20 heavy (non-hydrogen) atoms. The molecule has 0 fully saturated rings. The maximum atomic E-state index is 11.4. The summed E-state index contributed by atoms with van der Waals surface area (Å²) in [5, 5.41) is 15.0. The van der Waals surface area contributed by atoms with E-state index in [1.807, 2.05) is 0 Å². The van der Waals surface area contributed by atoms with Crippen molar-refractivity contribution in [3.8, 4) is 0 Å². The number of aromatic nitrogens is 1. The van der Waals surface area contributed by atoms with Gasteiger partial charge < -0.3 is 11.1 Å². The third-order valence-corrected chi connectivity index (χ3v) is 3.05. The average molecular weight is 274 g/mol. The lowest BCUT2D eigenvalue weighted by molar-refractivity contribution is -0.383. The quantitative estimate of drug-likeness (QED) is 0.652. The van der Waals surface area contributed by atoms with Crippen LogP contribution in [0.15, 0.2) is 30.6 Å². The van der Waals surface area contributed by atoms with Gasteiger partial charge in [-0.1, -0.05) is 0 Å². The number of carbonyl (C=O) groups is 1. The number of carbonyl (C=O) groups excluding carboxylic acids is 1. The van der Waals surface area contributed by atoms with Crippen LogP contribution < -0.4 is 11.1 Å². The molecule has 0 bridgehead atoms. The Morgan fingerprint density at radius 1 is 1.35 bits per heavy atom. The number of amides is 1. The Morgan fingerprint density at radius 3 is 2.65 bits per heavy atom. The number of benzene rings is 1. The van der Waals surface area contributed by atoms with Crippen molar-refractivity contribution in [1.29, 1.82) is 0 Å². The van der Waals surface area contributed by atoms with Crippen molar-refractivity contribution in [1.82, 2.24) is 4.98 Å². The highest BCUT2D eigenvalue weighted by atomic mass is 16.6. The molecule has 7 nitrogen and oxygen atoms in total. The summed E-state index contributed by atoms with van der Waals surface area (Å²) in [4.78, 5) is 25.9. The maximum Gasteiger partial charge on any atom is 0.277 e. The number of hydrogen-bond donors (Lipinski definition) is 2. The lowest BCUT2D eigenvalue weighted by atomic mass is 10.0. The first-order chi connectivity index (χ1) is 9.33. The summed E-state index contributed by atoms with van der Waals surface area (Å²) in [6.07, 6.45) is 3.00. The second-order valence-electron chi connectivity index (χ2n) is 4.92. The summed E-state index contributed by atoms with van der Waals surface area (Å²) in [5.41, 5.74) is 4.90. The second-order valence-corrected chi connectivity index (χ2v) is 4.92. The van der Waals surface area contributed by atoms with Crippen LogP contribution in [0.4, 0.5) is 11.4 Å². The van der Waals surface area contributed by atoms with E-state index in [1.54, 1.807) is 26.0 Å². The van der Waals surface area contributed by atoms with Crippen LogP contribution in [0.3, 0.4) is 0 Å². The lowest BCUT2D eigenvalue weighted by Gasteiger charge is -2.24. The molecule has 104 valence electrons. The minimum Gasteiger partial charge on any atom is -0.371 e. The molecule has 0 saturated carbocycles. The number of non-ortho nitro benzene ring substituents is 1. The predicted molar refractivity (Wildman–Crippen MR) is 75.3 cm³/mol. The number of nitro benzene ring substituents is 1. The molecule has 0 unspecified atom stereocenters. The van der Waals surface area contributed by atoms with E-state index in [2.05, 4.69) is 10.3 Å². The van der Waals surface area contributed by atoms with E-state index in [4.69, 9.17) is 5.73 Å². The molecular formula is C13H14N4O3. The number of fused-ring (bicyclic) bond motifs is 1. The van der Waals surface area contributed by atoms with Gasteiger partial charge in [0.15, 0.2) is 0 Å². The van der Waals surface area contributed by atoms with Gasteiger partial charge in [0.25, 0.3) is 5.69 Å². The zero-order chi connectivity index (χ0) is 14.9. The highest BCUT2D eigenvalue weighted by molar-refractivity contribution is 6.00. The topological polar surface area (TPSA) is 111 Å². The Bertz CT molecular complexity index is 697. The first kappa shape index (κ1) is 13.7. The van der Waals surface area contributed by atoms with Crippen molar-refractivity contribution < 1.29 is 9.72 Å². The number of nitrogens with one attached hydrogen (secondary N) is 1. The second kappa shape index (κ2) is 4.76. The summed E-state index contributed by atoms with van der Waals surface area (Å²) < 4.78 is 0. The number of pyridine rings is 1. The molecule has 1 heterocycles. The van der Waals surface area contributed by atoms with Gasteiger partial charge >= 0.3 is 0 Å². The van der Waals surface area contributed by atoms with Crippen LogP contribution in [-0.4, -0.2) is 21.4 Å². The molecule has 0 radical (unpaired) electrons. The van der Waals surface area contributed by atoms with Gasteiger partial charge in [0.1, 0.15) is 5.54 Å². The predicted octanol–water partition coefficient (Wildman–Crippen LogP) is 1.82. The Balaban J connectivity index is 2.60. The van der Waals surface area contributed by atoms with E-state index < -0.39 is 16.4 Å². The van der Waals surface area contributed by atoms with Gasteiger partial charge in [0.05, 0.1) is 10.3 Å². The number of nitro groups is 1. The van der Waals surface area contributed by atoms with E-state index in [9.17, 15) is 14.9 Å². The largest absolute Gasteiger partial charge is 0.371 e. The highest BCUT2D eigenvalue weighted by Gasteiger charge is 2.26. The SMILES string of the molecule is CC(C)(Nc1ccc([N+](=O)[O-])c2ccncc12)C(N)=O. The summed E-state index contributed by atoms with van der Waals surface area (Å²) in [6.45, 7) is 3.28. The van der Waals surface area contributed by atoms with Crippen LogP contribution in [-0.2, 0) is 4.79 Å². The summed E-state index contributed by atoms with van der Waals surface area (Å²) >= 11 is 0. The van der Waals surface area contributed by atoms with E-state index in [1.165, 1.54) is 18.5 Å². The average Bonchev–Trinajstić information content (AvgIpc) is 2.38. The fourth-order valence-electron chi connectivity index (χ4n) is 1.84. The fourth-order valence-corrected chi connectivity index (χ4v) is 1.84. The number of anilines is 1. The van der Waals surface area contributed by atoms with Gasteiger partial charge in [0.2, 0.25) is 5.91 Å². The standard InChI is InChI=1S/C13H14N4O3/c1-13(2,12(14)18)16-10-3-4-11(17(19)20)8-5-6-15-7-9(8)10/h3-7,16H,1-2H3,(H2,14,18). The van der Waals surface area contributed by atoms with Gasteiger partial charge in [-0.15, -0.1) is 0 Å². The molecule has 2 aromatic rings. The molecule has 0 atom stereocenters. The van der Waals surface area contributed by atoms with Crippen LogP contribution in [0.5, 0.6) is 0 Å². The molecule has 1 amide bonds. The molecule has 7 heteroatoms. The number of nitrogens with two attached hydrogens (primary N) is 1. The van der Waals surface area contributed by atoms with Crippen molar-refractivity contribution in [2.75, 3.05) is 5.32 Å². The normalized spacial score (nSPS) is 11.3. The third kappa shape index (κ3) is 2.37. The molecule has 0 aliphatic rings. The van der Waals surface area contributed by atoms with Gasteiger partial charge in [-0.3, -0.25) is 19.9 Å². The Kier molecular flexibility index (Phi) is 3.27. The van der Waals surface area contributed by atoms with E-state index in [0.717, 1.165) is 0 Å². The van der Waals surface area contributed by atoms with Crippen LogP contribution in [0.25, 0.3) is 10.8 Å². The van der Waals surface area contributed by atoms with Gasteiger partial charge in [-0.25, -0.2) is 0 Å². The third-order valence-electron chi connectivity index (χ3n) is 3.05. The molecule has 0 aliphatic carbocycles. The monoisotopic (exact) mass is 274 g/mol. The van der Waals surface area contributed by atoms with Crippen LogP contribution >= 0.6 is 0 Å². The molecule has 0 saturated heterocycles. The molecule has 3 N–H and O–H groups in total. The summed E-state index contributed by atoms with van der Waals surface area (Å²) in [6, 6.07) is 4.50. The molecule has 0 aliphatic heterocycles. The van der Waals surface area contributed by atoms with Crippen LogP contribution in [0.2, 0.25) is 0 Å². The maximum absolute atomic E-state index is 11.4. The number of nitrogens with zero attached hydrogens (tertiary/aromatic N) is 2. The smallest absolute Gasteiger partial charge is 0.277 e. The molecule has 1 aromatic heterocycles. The van der Waals surface area contributed by atoms with Gasteiger partial charge in [0, 0.05) is 29.5 Å². The van der Waals surface area contributed by atoms with E-state index in [0.29, 0.717) is 16.5 Å². The van der Waals surface area contributed by atoms with Crippen molar-refractivity contribution in [3.63, 3.8) is 0 Å². The van der Waals surface area contributed by atoms with E-state index in [-0.39, 0.29) is 5.69 Å². The van der Waals surface area contributed by atoms with E-state index >= 15 is 0 Å². The van der Waals surface area contributed by atoms with Crippen molar-refractivity contribution >= 4 is 28.1 Å². The molecule has 1 aromatic carbocycles. The summed E-state index contributed by atoms with van der Waals surface area (Å²) in [7, 11) is 0. The number of rotatable bonds is 4. The van der Waals surface area contributed by atoms with Crippen molar-refractivity contribution in [3.05, 3.63) is 40.7 Å². The first-order valence-corrected chi connectivity index (χ1v) is 5.92. The first-order valence-electron chi connectivity index (χ1n) is 5.92. The zero-order valence-electron chi connectivity index (χ0n) is 11.1. The van der Waals surface area contributed by atoms with Crippen molar-refractivity contribution in [2.45, 2.75) is 19.4 Å². The number of primary amides is 1. The van der Waals surface area contributed by atoms with Gasteiger partial charge in [-0.05, 0) is 26.0 Å². The number of hydrogen-bond acceptors (Lipinski definition) is 5. The fraction of sp³-hybridized carbons (Fsp3) is 0.231. The summed E-state index contributed by atoms with van der Waals surface area (Å²) in [5.74, 6) is -0.520. The van der Waals surface area contributed by atoms with Crippen LogP contribution in [0, 0.1) is 10.1 Å². The Labute approximate surface area is 114 Å². The lowest BCUT2D eigenvalue weighted by Crippen LogP contribution is -2.45. The molecule has 2 rings (SSSR count). The zero-order valence-corrected chi connectivity index (χ0v) is 11.1. The minimum absolute atomic E-state index is 0.00942. The van der Waals surface area contributed by atoms with Gasteiger partial charge in [-0.2, -0.15) is 0 Å². The van der Waals surface area contributed by atoms with Crippen LogP contribution in [0.1, 0.15) is 13.8 Å². The highest BCUT2D eigenvalue weighted by Crippen LogP contribution is 2.32. The Hall–Kier alpha value is -2.70. The molecular weight excluding hydrogens is 260 g/mol. The minimum atomic E-state index is -0.973. The molecule has 0 spiro atoms. The Morgan fingerprint density at radius 2 is 2.05 bits per heavy atom.